The van der Waals surface area contributed by atoms with Crippen LogP contribution in [0.5, 0.6) is 17.2 Å². The van der Waals surface area contributed by atoms with Gasteiger partial charge in [-0.05, 0) is 56.2 Å². The van der Waals surface area contributed by atoms with E-state index in [4.69, 9.17) is 14.2 Å². The Morgan fingerprint density at radius 1 is 1.11 bits per heavy atom. The maximum absolute atomic E-state index is 12.3. The van der Waals surface area contributed by atoms with Gasteiger partial charge >= 0.3 is 0 Å². The van der Waals surface area contributed by atoms with Gasteiger partial charge in [0.15, 0.2) is 6.61 Å². The summed E-state index contributed by atoms with van der Waals surface area (Å²) in [7, 11) is 1.68. The average Bonchev–Trinajstić information content (AvgIpc) is 2.73. The number of hydrogen-bond donors (Lipinski definition) is 1. The molecule has 0 aliphatic carbocycles. The van der Waals surface area contributed by atoms with E-state index in [9.17, 15) is 4.79 Å². The van der Waals surface area contributed by atoms with Gasteiger partial charge in [-0.1, -0.05) is 12.1 Å². The van der Waals surface area contributed by atoms with E-state index in [1.54, 1.807) is 7.11 Å². The van der Waals surface area contributed by atoms with Gasteiger partial charge in [0.1, 0.15) is 17.2 Å². The number of nitrogens with one attached hydrogen (secondary N) is 1. The molecule has 0 aromatic heterocycles. The smallest absolute Gasteiger partial charge is 0.258 e. The third-order valence-corrected chi connectivity index (χ3v) is 4.72. The van der Waals surface area contributed by atoms with Gasteiger partial charge in [0, 0.05) is 19.1 Å². The molecular formula is C22H28N2O4. The molecule has 0 bridgehead atoms. The van der Waals surface area contributed by atoms with Crippen molar-refractivity contribution in [2.75, 3.05) is 38.3 Å². The Hall–Kier alpha value is -2.89. The predicted octanol–water partition coefficient (Wildman–Crippen LogP) is 3.26. The highest BCUT2D eigenvalue weighted by Gasteiger charge is 2.23. The molecule has 0 saturated carbocycles. The number of rotatable bonds is 8. The van der Waals surface area contributed by atoms with E-state index in [0.717, 1.165) is 43.1 Å². The van der Waals surface area contributed by atoms with Crippen molar-refractivity contribution in [3.05, 3.63) is 48.5 Å². The van der Waals surface area contributed by atoms with Gasteiger partial charge < -0.3 is 24.4 Å². The number of piperidine rings is 1. The molecule has 1 heterocycles. The molecule has 1 unspecified atom stereocenters. The fourth-order valence-corrected chi connectivity index (χ4v) is 3.42. The van der Waals surface area contributed by atoms with Crippen molar-refractivity contribution in [1.82, 2.24) is 5.32 Å². The lowest BCUT2D eigenvalue weighted by molar-refractivity contribution is -0.123. The van der Waals surface area contributed by atoms with Crippen LogP contribution in [0, 0.1) is 0 Å². The van der Waals surface area contributed by atoms with Crippen molar-refractivity contribution in [2.45, 2.75) is 25.8 Å². The normalized spacial score (nSPS) is 16.4. The molecule has 0 radical (unpaired) electrons. The second-order valence-corrected chi connectivity index (χ2v) is 6.72. The SMILES string of the molecule is CCOc1ccc(OCC(=O)NC2CCCN(c3ccccc3OC)C2)cc1. The summed E-state index contributed by atoms with van der Waals surface area (Å²) >= 11 is 0. The van der Waals surface area contributed by atoms with Crippen LogP contribution in [0.2, 0.25) is 0 Å². The number of carbonyl (C=O) groups excluding carboxylic acids is 1. The van der Waals surface area contributed by atoms with Gasteiger partial charge in [-0.15, -0.1) is 0 Å². The lowest BCUT2D eigenvalue weighted by Gasteiger charge is -2.35. The number of benzene rings is 2. The van der Waals surface area contributed by atoms with E-state index in [1.165, 1.54) is 0 Å². The van der Waals surface area contributed by atoms with Gasteiger partial charge in [-0.3, -0.25) is 4.79 Å². The second kappa shape index (κ2) is 9.88. The van der Waals surface area contributed by atoms with Crippen LogP contribution in [-0.2, 0) is 4.79 Å². The van der Waals surface area contributed by atoms with Gasteiger partial charge in [0.2, 0.25) is 0 Å². The quantitative estimate of drug-likeness (QED) is 0.757. The van der Waals surface area contributed by atoms with Crippen molar-refractivity contribution in [3.63, 3.8) is 0 Å². The molecule has 1 saturated heterocycles. The van der Waals surface area contributed by atoms with Gasteiger partial charge in [0.25, 0.3) is 5.91 Å². The van der Waals surface area contributed by atoms with Crippen LogP contribution in [0.1, 0.15) is 19.8 Å². The van der Waals surface area contributed by atoms with E-state index in [1.807, 2.05) is 49.4 Å². The van der Waals surface area contributed by atoms with Crippen LogP contribution in [0.25, 0.3) is 0 Å². The average molecular weight is 384 g/mol. The lowest BCUT2D eigenvalue weighted by atomic mass is 10.0. The molecule has 1 fully saturated rings. The first-order valence-corrected chi connectivity index (χ1v) is 9.72. The third kappa shape index (κ3) is 5.31. The first kappa shape index (κ1) is 19.9. The number of anilines is 1. The van der Waals surface area contributed by atoms with Gasteiger partial charge in [-0.25, -0.2) is 0 Å². The fraction of sp³-hybridized carbons (Fsp3) is 0.409. The number of para-hydroxylation sites is 2. The highest BCUT2D eigenvalue weighted by atomic mass is 16.5. The van der Waals surface area contributed by atoms with E-state index in [0.29, 0.717) is 12.4 Å². The first-order valence-electron chi connectivity index (χ1n) is 9.72. The number of nitrogens with zero attached hydrogens (tertiary/aromatic N) is 1. The highest BCUT2D eigenvalue weighted by molar-refractivity contribution is 5.78. The molecule has 150 valence electrons. The molecule has 2 aromatic carbocycles. The van der Waals surface area contributed by atoms with Crippen LogP contribution in [0.3, 0.4) is 0 Å². The minimum Gasteiger partial charge on any atom is -0.495 e. The summed E-state index contributed by atoms with van der Waals surface area (Å²) in [6, 6.07) is 15.4. The van der Waals surface area contributed by atoms with Crippen molar-refractivity contribution in [2.24, 2.45) is 0 Å². The summed E-state index contributed by atoms with van der Waals surface area (Å²) in [6.07, 6.45) is 1.98. The van der Waals surface area contributed by atoms with E-state index >= 15 is 0 Å². The molecule has 6 nitrogen and oxygen atoms in total. The standard InChI is InChI=1S/C22H28N2O4/c1-3-27-18-10-12-19(13-11-18)28-16-22(25)23-17-7-6-14-24(15-17)20-8-4-5-9-21(20)26-2/h4-5,8-13,17H,3,6-7,14-16H2,1-2H3,(H,23,25). The fourth-order valence-electron chi connectivity index (χ4n) is 3.42. The second-order valence-electron chi connectivity index (χ2n) is 6.72. The minimum atomic E-state index is -0.110. The number of methoxy groups -OCH3 is 1. The van der Waals surface area contributed by atoms with Crippen LogP contribution >= 0.6 is 0 Å². The maximum Gasteiger partial charge on any atom is 0.258 e. The molecule has 3 rings (SSSR count). The molecular weight excluding hydrogens is 356 g/mol. The zero-order valence-corrected chi connectivity index (χ0v) is 16.5. The zero-order valence-electron chi connectivity index (χ0n) is 16.5. The zero-order chi connectivity index (χ0) is 19.8. The summed E-state index contributed by atoms with van der Waals surface area (Å²) in [6.45, 7) is 4.27. The van der Waals surface area contributed by atoms with E-state index < -0.39 is 0 Å². The number of amides is 1. The Morgan fingerprint density at radius 3 is 2.54 bits per heavy atom. The van der Waals surface area contributed by atoms with Crippen molar-refractivity contribution in [3.8, 4) is 17.2 Å². The summed E-state index contributed by atoms with van der Waals surface area (Å²) < 4.78 is 16.5. The molecule has 1 aliphatic rings. The number of hydrogen-bond acceptors (Lipinski definition) is 5. The molecule has 1 amide bonds. The molecule has 0 spiro atoms. The molecule has 28 heavy (non-hydrogen) atoms. The molecule has 6 heteroatoms. The molecule has 1 atom stereocenters. The van der Waals surface area contributed by atoms with Crippen LogP contribution in [0.4, 0.5) is 5.69 Å². The maximum atomic E-state index is 12.3. The van der Waals surface area contributed by atoms with Crippen molar-refractivity contribution >= 4 is 11.6 Å². The number of carbonyl (C=O) groups is 1. The summed E-state index contributed by atoms with van der Waals surface area (Å²) in [5.41, 5.74) is 1.06. The Bertz CT molecular complexity index is 763. The van der Waals surface area contributed by atoms with E-state index in [2.05, 4.69) is 16.3 Å². The van der Waals surface area contributed by atoms with Crippen molar-refractivity contribution in [1.29, 1.82) is 0 Å². The van der Waals surface area contributed by atoms with Gasteiger partial charge in [0.05, 0.1) is 19.4 Å². The third-order valence-electron chi connectivity index (χ3n) is 4.72. The molecule has 1 N–H and O–H groups in total. The highest BCUT2D eigenvalue weighted by Crippen LogP contribution is 2.29. The van der Waals surface area contributed by atoms with Crippen LogP contribution in [-0.4, -0.2) is 45.4 Å². The minimum absolute atomic E-state index is 0.000853. The number of ether oxygens (including phenoxy) is 3. The van der Waals surface area contributed by atoms with Crippen molar-refractivity contribution < 1.29 is 19.0 Å². The molecule has 1 aliphatic heterocycles. The van der Waals surface area contributed by atoms with E-state index in [-0.39, 0.29) is 18.6 Å². The Kier molecular flexibility index (Phi) is 7.00. The molecule has 2 aromatic rings. The monoisotopic (exact) mass is 384 g/mol. The Labute approximate surface area is 166 Å². The predicted molar refractivity (Wildman–Crippen MR) is 109 cm³/mol. The summed E-state index contributed by atoms with van der Waals surface area (Å²) in [4.78, 5) is 14.6. The largest absolute Gasteiger partial charge is 0.495 e. The Balaban J connectivity index is 1.49. The van der Waals surface area contributed by atoms with Crippen LogP contribution in [0.15, 0.2) is 48.5 Å². The van der Waals surface area contributed by atoms with Crippen LogP contribution < -0.4 is 24.4 Å². The first-order chi connectivity index (χ1) is 13.7. The van der Waals surface area contributed by atoms with Gasteiger partial charge in [-0.2, -0.15) is 0 Å². The summed E-state index contributed by atoms with van der Waals surface area (Å²) in [5.74, 6) is 2.19. The lowest BCUT2D eigenvalue weighted by Crippen LogP contribution is -2.49. The Morgan fingerprint density at radius 2 is 1.82 bits per heavy atom. The summed E-state index contributed by atoms with van der Waals surface area (Å²) in [5, 5.41) is 3.09. The topological polar surface area (TPSA) is 60.0 Å².